The Bertz CT molecular complexity index is 178. The van der Waals surface area contributed by atoms with E-state index >= 15 is 0 Å². The minimum atomic E-state index is 0.0783. The molecular formula is C13H30N2O3. The molecule has 0 heterocycles. The van der Waals surface area contributed by atoms with E-state index < -0.39 is 0 Å². The second kappa shape index (κ2) is 11.9. The fourth-order valence-electron chi connectivity index (χ4n) is 1.29. The molecule has 0 aromatic rings. The summed E-state index contributed by atoms with van der Waals surface area (Å²) in [6, 6.07) is 0.193. The number of hydrogen-bond donors (Lipinski definition) is 2. The predicted molar refractivity (Wildman–Crippen MR) is 73.6 cm³/mol. The third kappa shape index (κ3) is 13.9. The van der Waals surface area contributed by atoms with E-state index in [4.69, 9.17) is 25.7 Å². The van der Waals surface area contributed by atoms with Crippen LogP contribution in [-0.4, -0.2) is 51.2 Å². The molecule has 0 bridgehead atoms. The molecule has 0 amide bonds. The number of nitrogens with two attached hydrogens (primary N) is 2. The molecule has 5 nitrogen and oxygen atoms in total. The van der Waals surface area contributed by atoms with Crippen LogP contribution >= 0.6 is 0 Å². The van der Waals surface area contributed by atoms with Gasteiger partial charge in [-0.25, -0.2) is 0 Å². The monoisotopic (exact) mass is 262 g/mol. The lowest BCUT2D eigenvalue weighted by molar-refractivity contribution is -0.0118. The molecule has 0 spiro atoms. The molecule has 0 saturated carbocycles. The van der Waals surface area contributed by atoms with Crippen LogP contribution in [0, 0.1) is 0 Å². The van der Waals surface area contributed by atoms with E-state index in [9.17, 15) is 0 Å². The first-order valence-corrected chi connectivity index (χ1v) is 6.80. The van der Waals surface area contributed by atoms with Gasteiger partial charge in [0.25, 0.3) is 0 Å². The lowest BCUT2D eigenvalue weighted by atomic mass is 10.3. The lowest BCUT2D eigenvalue weighted by Gasteiger charge is -2.15. The van der Waals surface area contributed by atoms with E-state index in [1.54, 1.807) is 0 Å². The lowest BCUT2D eigenvalue weighted by Crippen LogP contribution is -2.27. The molecule has 4 N–H and O–H groups in total. The molecule has 0 fully saturated rings. The van der Waals surface area contributed by atoms with Crippen LogP contribution in [0.15, 0.2) is 0 Å². The molecule has 3 atom stereocenters. The smallest absolute Gasteiger partial charge is 0.0781 e. The second-order valence-electron chi connectivity index (χ2n) is 4.96. The highest BCUT2D eigenvalue weighted by Crippen LogP contribution is 1.96. The predicted octanol–water partition coefficient (Wildman–Crippen LogP) is 0.899. The van der Waals surface area contributed by atoms with Gasteiger partial charge in [-0.05, 0) is 33.6 Å². The van der Waals surface area contributed by atoms with E-state index in [0.717, 1.165) is 26.1 Å². The second-order valence-corrected chi connectivity index (χ2v) is 4.96. The Balaban J connectivity index is 3.15. The maximum absolute atomic E-state index is 5.60. The molecule has 0 aliphatic rings. The fraction of sp³-hybridized carbons (Fsp3) is 1.00. The van der Waals surface area contributed by atoms with Crippen molar-refractivity contribution in [3.8, 4) is 0 Å². The van der Waals surface area contributed by atoms with Crippen molar-refractivity contribution in [2.75, 3.05) is 33.0 Å². The van der Waals surface area contributed by atoms with E-state index in [1.807, 2.05) is 20.8 Å². The number of rotatable bonds is 12. The highest BCUT2D eigenvalue weighted by molar-refractivity contribution is 4.54. The van der Waals surface area contributed by atoms with Gasteiger partial charge in [0.2, 0.25) is 0 Å². The molecule has 18 heavy (non-hydrogen) atoms. The van der Waals surface area contributed by atoms with Crippen molar-refractivity contribution in [2.24, 2.45) is 11.5 Å². The van der Waals surface area contributed by atoms with Crippen molar-refractivity contribution in [3.05, 3.63) is 0 Å². The zero-order valence-corrected chi connectivity index (χ0v) is 12.1. The van der Waals surface area contributed by atoms with E-state index in [0.29, 0.717) is 19.8 Å². The number of unbranched alkanes of at least 4 members (excludes halogenated alkanes) is 1. The van der Waals surface area contributed by atoms with Crippen molar-refractivity contribution in [2.45, 2.75) is 51.8 Å². The van der Waals surface area contributed by atoms with Crippen LogP contribution in [0.25, 0.3) is 0 Å². The molecule has 5 heteroatoms. The summed E-state index contributed by atoms with van der Waals surface area (Å²) in [5, 5.41) is 0. The summed E-state index contributed by atoms with van der Waals surface area (Å²) in [4.78, 5) is 0. The van der Waals surface area contributed by atoms with Gasteiger partial charge in [-0.1, -0.05) is 0 Å². The van der Waals surface area contributed by atoms with E-state index in [-0.39, 0.29) is 18.2 Å². The number of hydrogen-bond acceptors (Lipinski definition) is 5. The van der Waals surface area contributed by atoms with Crippen LogP contribution in [0.3, 0.4) is 0 Å². The van der Waals surface area contributed by atoms with Gasteiger partial charge in [-0.3, -0.25) is 0 Å². The Hall–Kier alpha value is -0.200. The van der Waals surface area contributed by atoms with Crippen molar-refractivity contribution < 1.29 is 14.2 Å². The summed E-state index contributed by atoms with van der Waals surface area (Å²) in [5.41, 5.74) is 11.2. The van der Waals surface area contributed by atoms with Gasteiger partial charge in [0, 0.05) is 25.3 Å². The maximum atomic E-state index is 5.60. The van der Waals surface area contributed by atoms with Crippen molar-refractivity contribution in [3.63, 3.8) is 0 Å². The standard InChI is InChI=1S/C13H30N2O3/c1-11(14)8-16-6-4-5-7-17-10-13(3)18-9-12(2)15/h11-13H,4-10,14-15H2,1-3H3. The van der Waals surface area contributed by atoms with Crippen LogP contribution < -0.4 is 11.5 Å². The largest absolute Gasteiger partial charge is 0.380 e. The first kappa shape index (κ1) is 17.8. The molecule has 3 unspecified atom stereocenters. The first-order valence-electron chi connectivity index (χ1n) is 6.80. The van der Waals surface area contributed by atoms with Gasteiger partial charge in [-0.15, -0.1) is 0 Å². The van der Waals surface area contributed by atoms with Crippen LogP contribution in [-0.2, 0) is 14.2 Å². The molecule has 0 saturated heterocycles. The highest BCUT2D eigenvalue weighted by atomic mass is 16.5. The SMILES string of the molecule is CC(N)COCCCCOCC(C)OCC(C)N. The van der Waals surface area contributed by atoms with Gasteiger partial charge < -0.3 is 25.7 Å². The maximum Gasteiger partial charge on any atom is 0.0781 e. The molecule has 0 rings (SSSR count). The molecule has 0 aliphatic carbocycles. The summed E-state index contributed by atoms with van der Waals surface area (Å²) < 4.78 is 16.4. The Kier molecular flexibility index (Phi) is 11.7. The minimum absolute atomic E-state index is 0.0783. The zero-order chi connectivity index (χ0) is 13.8. The first-order chi connectivity index (χ1) is 8.52. The molecule has 0 aromatic carbocycles. The summed E-state index contributed by atoms with van der Waals surface area (Å²) in [5.74, 6) is 0. The summed E-state index contributed by atoms with van der Waals surface area (Å²) in [6.45, 7) is 9.18. The Morgan fingerprint density at radius 3 is 1.78 bits per heavy atom. The topological polar surface area (TPSA) is 79.7 Å². The summed E-state index contributed by atoms with van der Waals surface area (Å²) in [6.07, 6.45) is 2.10. The average Bonchev–Trinajstić information content (AvgIpc) is 2.29. The normalized spacial score (nSPS) is 16.5. The Labute approximate surface area is 111 Å². The van der Waals surface area contributed by atoms with Gasteiger partial charge in [0.1, 0.15) is 0 Å². The zero-order valence-electron chi connectivity index (χ0n) is 12.1. The number of ether oxygens (including phenoxy) is 3. The van der Waals surface area contributed by atoms with Gasteiger partial charge >= 0.3 is 0 Å². The van der Waals surface area contributed by atoms with Crippen LogP contribution in [0.2, 0.25) is 0 Å². The van der Waals surface area contributed by atoms with Crippen LogP contribution in [0.4, 0.5) is 0 Å². The van der Waals surface area contributed by atoms with Crippen molar-refractivity contribution in [1.82, 2.24) is 0 Å². The summed E-state index contributed by atoms with van der Waals surface area (Å²) >= 11 is 0. The molecule has 0 aromatic heterocycles. The van der Waals surface area contributed by atoms with Crippen LogP contribution in [0.5, 0.6) is 0 Å². The van der Waals surface area contributed by atoms with Gasteiger partial charge in [-0.2, -0.15) is 0 Å². The minimum Gasteiger partial charge on any atom is -0.380 e. The Morgan fingerprint density at radius 1 is 0.778 bits per heavy atom. The van der Waals surface area contributed by atoms with Crippen molar-refractivity contribution >= 4 is 0 Å². The van der Waals surface area contributed by atoms with Gasteiger partial charge in [0.05, 0.1) is 25.9 Å². The molecule has 110 valence electrons. The van der Waals surface area contributed by atoms with Gasteiger partial charge in [0.15, 0.2) is 0 Å². The fourth-order valence-corrected chi connectivity index (χ4v) is 1.29. The van der Waals surface area contributed by atoms with E-state index in [1.165, 1.54) is 0 Å². The van der Waals surface area contributed by atoms with Crippen LogP contribution in [0.1, 0.15) is 33.6 Å². The quantitative estimate of drug-likeness (QED) is 0.511. The summed E-state index contributed by atoms with van der Waals surface area (Å²) in [7, 11) is 0. The third-order valence-corrected chi connectivity index (χ3v) is 2.20. The van der Waals surface area contributed by atoms with Crippen molar-refractivity contribution in [1.29, 1.82) is 0 Å². The molecule has 0 radical (unpaired) electrons. The average molecular weight is 262 g/mol. The Morgan fingerprint density at radius 2 is 1.28 bits per heavy atom. The highest BCUT2D eigenvalue weighted by Gasteiger charge is 2.03. The van der Waals surface area contributed by atoms with E-state index in [2.05, 4.69) is 0 Å². The molecule has 0 aliphatic heterocycles. The molecular weight excluding hydrogens is 232 g/mol. The third-order valence-electron chi connectivity index (χ3n) is 2.20.